The molecule has 1 aromatic carbocycles. The molecule has 0 aromatic heterocycles. The number of rotatable bonds is 6. The fraction of sp³-hybridized carbons (Fsp3) is 0.308. The summed E-state index contributed by atoms with van der Waals surface area (Å²) in [5, 5.41) is 9.69. The second kappa shape index (κ2) is 7.73. The zero-order valence-electron chi connectivity index (χ0n) is 11.5. The number of methoxy groups -OCH3 is 2. The molecule has 0 atom stereocenters. The molecule has 8 heteroatoms. The molecule has 0 bridgehead atoms. The van der Waals surface area contributed by atoms with E-state index in [0.717, 1.165) is 7.11 Å². The maximum atomic E-state index is 11.8. The first-order chi connectivity index (χ1) is 9.99. The highest BCUT2D eigenvalue weighted by Crippen LogP contribution is 2.28. The van der Waals surface area contributed by atoms with Crippen LogP contribution < -0.4 is 4.74 Å². The van der Waals surface area contributed by atoms with Crippen molar-refractivity contribution in [2.75, 3.05) is 27.4 Å². The largest absolute Gasteiger partial charge is 0.507 e. The number of benzene rings is 1. The Morgan fingerprint density at radius 1 is 1.05 bits per heavy atom. The predicted molar refractivity (Wildman–Crippen MR) is 67.9 cm³/mol. The minimum absolute atomic E-state index is 0.0738. The number of hydrogen-bond acceptors (Lipinski definition) is 8. The van der Waals surface area contributed by atoms with E-state index < -0.39 is 36.9 Å². The van der Waals surface area contributed by atoms with Crippen LogP contribution in [0, 0.1) is 0 Å². The van der Waals surface area contributed by atoms with Gasteiger partial charge in [0.1, 0.15) is 17.1 Å². The first-order valence-electron chi connectivity index (χ1n) is 5.75. The molecule has 0 aliphatic rings. The van der Waals surface area contributed by atoms with Crippen molar-refractivity contribution in [2.45, 2.75) is 0 Å². The molecule has 114 valence electrons. The molecule has 1 rings (SSSR count). The van der Waals surface area contributed by atoms with Crippen molar-refractivity contribution in [3.05, 3.63) is 23.8 Å². The average Bonchev–Trinajstić information content (AvgIpc) is 2.49. The third kappa shape index (κ3) is 4.68. The van der Waals surface area contributed by atoms with Crippen molar-refractivity contribution in [1.29, 1.82) is 0 Å². The Balaban J connectivity index is 2.86. The van der Waals surface area contributed by atoms with Crippen molar-refractivity contribution in [3.63, 3.8) is 0 Å². The molecule has 1 N–H and O–H groups in total. The molecule has 0 radical (unpaired) electrons. The Bertz CT molecular complexity index is 537. The number of aromatic hydroxyl groups is 1. The molecule has 21 heavy (non-hydrogen) atoms. The van der Waals surface area contributed by atoms with E-state index in [2.05, 4.69) is 14.2 Å². The molecule has 0 aliphatic heterocycles. The molecular weight excluding hydrogens is 284 g/mol. The van der Waals surface area contributed by atoms with E-state index in [0.29, 0.717) is 0 Å². The molecule has 0 fully saturated rings. The van der Waals surface area contributed by atoms with Gasteiger partial charge in [0.2, 0.25) is 0 Å². The molecule has 0 spiro atoms. The lowest BCUT2D eigenvalue weighted by molar-refractivity contribution is -0.144. The number of ether oxygens (including phenoxy) is 4. The summed E-state index contributed by atoms with van der Waals surface area (Å²) < 4.78 is 18.5. The Morgan fingerprint density at radius 3 is 2.29 bits per heavy atom. The summed E-state index contributed by atoms with van der Waals surface area (Å²) in [4.78, 5) is 33.8. The second-order valence-electron chi connectivity index (χ2n) is 3.67. The maximum absolute atomic E-state index is 11.8. The van der Waals surface area contributed by atoms with Crippen LogP contribution in [0.1, 0.15) is 10.4 Å². The lowest BCUT2D eigenvalue weighted by Crippen LogP contribution is -2.17. The van der Waals surface area contributed by atoms with E-state index in [1.165, 1.54) is 25.3 Å². The molecule has 0 unspecified atom stereocenters. The molecule has 0 amide bonds. The number of hydrogen-bond donors (Lipinski definition) is 1. The van der Waals surface area contributed by atoms with Gasteiger partial charge in [-0.3, -0.25) is 0 Å². The number of phenols is 1. The van der Waals surface area contributed by atoms with Crippen LogP contribution in [0.15, 0.2) is 18.2 Å². The third-order valence-electron chi connectivity index (χ3n) is 2.33. The molecule has 1 aromatic rings. The fourth-order valence-corrected chi connectivity index (χ4v) is 1.30. The van der Waals surface area contributed by atoms with Crippen LogP contribution in [0.2, 0.25) is 0 Å². The van der Waals surface area contributed by atoms with Gasteiger partial charge in [-0.05, 0) is 12.1 Å². The minimum atomic E-state index is -0.988. The predicted octanol–water partition coefficient (Wildman–Crippen LogP) is 0.274. The molecular formula is C13H14O8. The summed E-state index contributed by atoms with van der Waals surface area (Å²) in [7, 11) is 2.32. The van der Waals surface area contributed by atoms with E-state index >= 15 is 0 Å². The van der Waals surface area contributed by atoms with Gasteiger partial charge in [0.15, 0.2) is 13.2 Å². The Labute approximate surface area is 120 Å². The van der Waals surface area contributed by atoms with Gasteiger partial charge in [-0.15, -0.1) is 0 Å². The number of esters is 3. The van der Waals surface area contributed by atoms with E-state index in [9.17, 15) is 19.5 Å². The summed E-state index contributed by atoms with van der Waals surface area (Å²) in [6.45, 7) is -1.06. The van der Waals surface area contributed by atoms with Crippen LogP contribution in [-0.2, 0) is 23.8 Å². The maximum Gasteiger partial charge on any atom is 0.346 e. The van der Waals surface area contributed by atoms with Gasteiger partial charge in [0, 0.05) is 0 Å². The average molecular weight is 298 g/mol. The van der Waals surface area contributed by atoms with Crippen molar-refractivity contribution < 1.29 is 38.4 Å². The summed E-state index contributed by atoms with van der Waals surface area (Å²) in [5.41, 5.74) is -0.301. The van der Waals surface area contributed by atoms with Crippen molar-refractivity contribution in [2.24, 2.45) is 0 Å². The standard InChI is InChI=1S/C13H14O8/c1-18-10(15)6-20-9-5-3-4-8(14)12(9)13(17)21-7-11(16)19-2/h3-5,14H,6-7H2,1-2H3. The molecule has 0 heterocycles. The van der Waals surface area contributed by atoms with Crippen LogP contribution in [0.3, 0.4) is 0 Å². The van der Waals surface area contributed by atoms with Gasteiger partial charge in [0.25, 0.3) is 0 Å². The lowest BCUT2D eigenvalue weighted by Gasteiger charge is -2.11. The van der Waals surface area contributed by atoms with E-state index in [1.54, 1.807) is 0 Å². The summed E-state index contributed by atoms with van der Waals surface area (Å²) in [5.74, 6) is -2.89. The minimum Gasteiger partial charge on any atom is -0.507 e. The highest BCUT2D eigenvalue weighted by atomic mass is 16.6. The van der Waals surface area contributed by atoms with Gasteiger partial charge in [-0.2, -0.15) is 0 Å². The van der Waals surface area contributed by atoms with Gasteiger partial charge in [0.05, 0.1) is 14.2 Å². The van der Waals surface area contributed by atoms with Crippen LogP contribution in [0.4, 0.5) is 0 Å². The smallest absolute Gasteiger partial charge is 0.346 e. The summed E-state index contributed by atoms with van der Waals surface area (Å²) in [6, 6.07) is 4.01. The molecule has 0 aliphatic carbocycles. The van der Waals surface area contributed by atoms with Gasteiger partial charge < -0.3 is 24.1 Å². The van der Waals surface area contributed by atoms with Crippen molar-refractivity contribution in [3.8, 4) is 11.5 Å². The number of carbonyl (C=O) groups is 3. The van der Waals surface area contributed by atoms with Crippen LogP contribution in [0.5, 0.6) is 11.5 Å². The normalized spacial score (nSPS) is 9.62. The first kappa shape index (κ1) is 16.3. The number of carbonyl (C=O) groups excluding carboxylic acids is 3. The molecule has 8 nitrogen and oxygen atoms in total. The van der Waals surface area contributed by atoms with Crippen LogP contribution in [-0.4, -0.2) is 50.4 Å². The first-order valence-corrected chi connectivity index (χ1v) is 5.75. The third-order valence-corrected chi connectivity index (χ3v) is 2.33. The van der Waals surface area contributed by atoms with Gasteiger partial charge in [-0.25, -0.2) is 14.4 Å². The quantitative estimate of drug-likeness (QED) is 0.589. The molecule has 0 saturated carbocycles. The zero-order chi connectivity index (χ0) is 15.8. The van der Waals surface area contributed by atoms with Gasteiger partial charge in [-0.1, -0.05) is 6.07 Å². The second-order valence-corrected chi connectivity index (χ2v) is 3.67. The topological polar surface area (TPSA) is 108 Å². The Kier molecular flexibility index (Phi) is 5.99. The van der Waals surface area contributed by atoms with E-state index in [1.807, 2.05) is 0 Å². The Morgan fingerprint density at radius 2 is 1.67 bits per heavy atom. The van der Waals surface area contributed by atoms with Crippen molar-refractivity contribution in [1.82, 2.24) is 0 Å². The zero-order valence-corrected chi connectivity index (χ0v) is 11.5. The SMILES string of the molecule is COC(=O)COC(=O)c1c(O)cccc1OCC(=O)OC. The highest BCUT2D eigenvalue weighted by molar-refractivity contribution is 5.96. The fourth-order valence-electron chi connectivity index (χ4n) is 1.30. The summed E-state index contributed by atoms with van der Waals surface area (Å²) >= 11 is 0. The van der Waals surface area contributed by atoms with Crippen LogP contribution >= 0.6 is 0 Å². The van der Waals surface area contributed by atoms with Gasteiger partial charge >= 0.3 is 17.9 Å². The Hall–Kier alpha value is -2.77. The molecule has 0 saturated heterocycles. The summed E-state index contributed by atoms with van der Waals surface area (Å²) in [6.07, 6.45) is 0. The van der Waals surface area contributed by atoms with Crippen molar-refractivity contribution >= 4 is 17.9 Å². The van der Waals surface area contributed by atoms with Crippen LogP contribution in [0.25, 0.3) is 0 Å². The number of phenolic OH excluding ortho intramolecular Hbond substituents is 1. The lowest BCUT2D eigenvalue weighted by atomic mass is 10.2. The monoisotopic (exact) mass is 298 g/mol. The highest BCUT2D eigenvalue weighted by Gasteiger charge is 2.21. The van der Waals surface area contributed by atoms with E-state index in [-0.39, 0.29) is 11.3 Å². The van der Waals surface area contributed by atoms with E-state index in [4.69, 9.17) is 4.74 Å².